The molecule has 16 heavy (non-hydrogen) atoms. The van der Waals surface area contributed by atoms with Crippen LogP contribution >= 0.6 is 22.7 Å². The topological polar surface area (TPSA) is 54.6 Å². The van der Waals surface area contributed by atoms with Crippen LogP contribution in [0.2, 0.25) is 0 Å². The molecular formula is C10H6N2O2S2. The number of carboxylic acid groups (broad SMARTS) is 1. The highest BCUT2D eigenvalue weighted by molar-refractivity contribution is 7.18. The van der Waals surface area contributed by atoms with Crippen molar-refractivity contribution in [1.29, 1.82) is 0 Å². The zero-order valence-electron chi connectivity index (χ0n) is 7.95. The van der Waals surface area contributed by atoms with Crippen LogP contribution in [0, 0.1) is 0 Å². The minimum Gasteiger partial charge on any atom is -0.477 e. The lowest BCUT2D eigenvalue weighted by molar-refractivity contribution is 0.0702. The molecule has 0 unspecified atom stereocenters. The maximum Gasteiger partial charge on any atom is 0.347 e. The third-order valence-corrected chi connectivity index (χ3v) is 4.02. The molecule has 3 rings (SSSR count). The Morgan fingerprint density at radius 1 is 1.44 bits per heavy atom. The molecule has 0 bridgehead atoms. The SMILES string of the molecule is O=C(O)c1cn2cc(-c3cccs3)nc2s1. The molecule has 0 aromatic carbocycles. The van der Waals surface area contributed by atoms with Crippen LogP contribution in [0.1, 0.15) is 9.67 Å². The first-order chi connectivity index (χ1) is 7.74. The van der Waals surface area contributed by atoms with Gasteiger partial charge in [0.25, 0.3) is 0 Å². The maximum absolute atomic E-state index is 10.8. The zero-order valence-corrected chi connectivity index (χ0v) is 9.59. The normalized spacial score (nSPS) is 11.0. The number of carbonyl (C=O) groups is 1. The maximum atomic E-state index is 10.8. The molecule has 0 atom stereocenters. The standard InChI is InChI=1S/C10H6N2O2S2/c13-9(14)8-5-12-4-6(11-10(12)16-8)7-2-1-3-15-7/h1-5H,(H,13,14). The number of thiazole rings is 1. The largest absolute Gasteiger partial charge is 0.477 e. The molecule has 0 amide bonds. The lowest BCUT2D eigenvalue weighted by Gasteiger charge is -1.86. The summed E-state index contributed by atoms with van der Waals surface area (Å²) in [5, 5.41) is 10.8. The Labute approximate surface area is 98.4 Å². The monoisotopic (exact) mass is 250 g/mol. The molecule has 0 radical (unpaired) electrons. The van der Waals surface area contributed by atoms with Crippen molar-refractivity contribution in [3.63, 3.8) is 0 Å². The van der Waals surface area contributed by atoms with Gasteiger partial charge in [0, 0.05) is 12.4 Å². The van der Waals surface area contributed by atoms with Gasteiger partial charge in [-0.25, -0.2) is 9.78 Å². The van der Waals surface area contributed by atoms with Crippen molar-refractivity contribution in [2.24, 2.45) is 0 Å². The van der Waals surface area contributed by atoms with E-state index in [1.807, 2.05) is 23.7 Å². The lowest BCUT2D eigenvalue weighted by atomic mass is 10.4. The number of rotatable bonds is 2. The number of fused-ring (bicyclic) bond motifs is 1. The smallest absolute Gasteiger partial charge is 0.347 e. The van der Waals surface area contributed by atoms with E-state index in [9.17, 15) is 4.79 Å². The van der Waals surface area contributed by atoms with Crippen LogP contribution in [-0.4, -0.2) is 20.5 Å². The number of aromatic nitrogens is 2. The van der Waals surface area contributed by atoms with Crippen LogP contribution in [0.25, 0.3) is 15.5 Å². The molecule has 0 saturated carbocycles. The van der Waals surface area contributed by atoms with Crippen LogP contribution in [0.4, 0.5) is 0 Å². The van der Waals surface area contributed by atoms with E-state index in [1.165, 1.54) is 11.3 Å². The second kappa shape index (κ2) is 3.43. The summed E-state index contributed by atoms with van der Waals surface area (Å²) < 4.78 is 1.75. The van der Waals surface area contributed by atoms with Crippen molar-refractivity contribution in [1.82, 2.24) is 9.38 Å². The highest BCUT2D eigenvalue weighted by atomic mass is 32.1. The summed E-state index contributed by atoms with van der Waals surface area (Å²) >= 11 is 2.80. The molecular weight excluding hydrogens is 244 g/mol. The van der Waals surface area contributed by atoms with E-state index in [1.54, 1.807) is 21.9 Å². The molecule has 1 N–H and O–H groups in total. The molecule has 0 spiro atoms. The van der Waals surface area contributed by atoms with E-state index in [-0.39, 0.29) is 0 Å². The van der Waals surface area contributed by atoms with Gasteiger partial charge in [-0.1, -0.05) is 17.4 Å². The Morgan fingerprint density at radius 3 is 2.94 bits per heavy atom. The molecule has 3 aromatic rings. The molecule has 0 aliphatic heterocycles. The van der Waals surface area contributed by atoms with Crippen molar-refractivity contribution in [3.05, 3.63) is 34.8 Å². The van der Waals surface area contributed by atoms with E-state index in [4.69, 9.17) is 5.11 Å². The number of carboxylic acids is 1. The molecule has 0 aliphatic rings. The predicted molar refractivity (Wildman–Crippen MR) is 63.3 cm³/mol. The first-order valence-electron chi connectivity index (χ1n) is 4.50. The van der Waals surface area contributed by atoms with Crippen LogP contribution < -0.4 is 0 Å². The second-order valence-corrected chi connectivity index (χ2v) is 5.15. The van der Waals surface area contributed by atoms with E-state index in [0.29, 0.717) is 9.84 Å². The van der Waals surface area contributed by atoms with Gasteiger partial charge in [-0.15, -0.1) is 11.3 Å². The third-order valence-electron chi connectivity index (χ3n) is 2.14. The third kappa shape index (κ3) is 1.43. The minimum atomic E-state index is -0.909. The summed E-state index contributed by atoms with van der Waals surface area (Å²) in [6.07, 6.45) is 3.44. The first kappa shape index (κ1) is 9.56. The number of hydrogen-bond donors (Lipinski definition) is 1. The molecule has 0 fully saturated rings. The quantitative estimate of drug-likeness (QED) is 0.761. The fourth-order valence-corrected chi connectivity index (χ4v) is 2.92. The number of nitrogens with zero attached hydrogens (tertiary/aromatic N) is 2. The summed E-state index contributed by atoms with van der Waals surface area (Å²) in [6, 6.07) is 3.96. The van der Waals surface area contributed by atoms with Gasteiger partial charge in [-0.05, 0) is 11.4 Å². The molecule has 4 nitrogen and oxygen atoms in total. The van der Waals surface area contributed by atoms with Crippen molar-refractivity contribution in [2.75, 3.05) is 0 Å². The van der Waals surface area contributed by atoms with Gasteiger partial charge < -0.3 is 5.11 Å². The highest BCUT2D eigenvalue weighted by Crippen LogP contribution is 2.26. The Hall–Kier alpha value is -1.66. The van der Waals surface area contributed by atoms with Crippen LogP contribution in [0.5, 0.6) is 0 Å². The van der Waals surface area contributed by atoms with E-state index >= 15 is 0 Å². The molecule has 6 heteroatoms. The summed E-state index contributed by atoms with van der Waals surface area (Å²) in [4.78, 5) is 17.2. The second-order valence-electron chi connectivity index (χ2n) is 3.19. The van der Waals surface area contributed by atoms with Crippen LogP contribution in [-0.2, 0) is 0 Å². The summed E-state index contributed by atoms with van der Waals surface area (Å²) in [5.74, 6) is -0.909. The fourth-order valence-electron chi connectivity index (χ4n) is 1.44. The summed E-state index contributed by atoms with van der Waals surface area (Å²) in [7, 11) is 0. The van der Waals surface area contributed by atoms with Crippen LogP contribution in [0.3, 0.4) is 0 Å². The van der Waals surface area contributed by atoms with Gasteiger partial charge in [0.05, 0.1) is 4.88 Å². The van der Waals surface area contributed by atoms with Gasteiger partial charge in [0.15, 0.2) is 4.96 Å². The summed E-state index contributed by atoms with van der Waals surface area (Å²) in [5.41, 5.74) is 0.887. The van der Waals surface area contributed by atoms with E-state index < -0.39 is 5.97 Å². The number of aromatic carboxylic acids is 1. The predicted octanol–water partition coefficient (Wildman–Crippen LogP) is 2.82. The average Bonchev–Trinajstić information content (AvgIpc) is 2.91. The lowest BCUT2D eigenvalue weighted by Crippen LogP contribution is -1.90. The Balaban J connectivity index is 2.12. The first-order valence-corrected chi connectivity index (χ1v) is 6.19. The molecule has 3 aromatic heterocycles. The highest BCUT2D eigenvalue weighted by Gasteiger charge is 2.12. The molecule has 0 saturated heterocycles. The van der Waals surface area contributed by atoms with Crippen molar-refractivity contribution < 1.29 is 9.90 Å². The molecule has 80 valence electrons. The van der Waals surface area contributed by atoms with Crippen molar-refractivity contribution >= 4 is 33.6 Å². The van der Waals surface area contributed by atoms with Gasteiger partial charge >= 0.3 is 5.97 Å². The number of thiophene rings is 1. The molecule has 3 heterocycles. The number of imidazole rings is 1. The Morgan fingerprint density at radius 2 is 2.31 bits per heavy atom. The van der Waals surface area contributed by atoms with Crippen molar-refractivity contribution in [2.45, 2.75) is 0 Å². The van der Waals surface area contributed by atoms with Gasteiger partial charge in [-0.3, -0.25) is 4.40 Å². The fraction of sp³-hybridized carbons (Fsp3) is 0. The van der Waals surface area contributed by atoms with Gasteiger partial charge in [-0.2, -0.15) is 0 Å². The van der Waals surface area contributed by atoms with Crippen molar-refractivity contribution in [3.8, 4) is 10.6 Å². The molecule has 0 aliphatic carbocycles. The van der Waals surface area contributed by atoms with Gasteiger partial charge in [0.1, 0.15) is 10.6 Å². The van der Waals surface area contributed by atoms with E-state index in [0.717, 1.165) is 10.6 Å². The Bertz CT molecular complexity index is 620. The Kier molecular flexibility index (Phi) is 2.05. The van der Waals surface area contributed by atoms with Gasteiger partial charge in [0.2, 0.25) is 0 Å². The minimum absolute atomic E-state index is 0.306. The summed E-state index contributed by atoms with van der Waals surface area (Å²) in [6.45, 7) is 0. The zero-order chi connectivity index (χ0) is 11.1. The van der Waals surface area contributed by atoms with E-state index in [2.05, 4.69) is 4.98 Å². The number of hydrogen-bond acceptors (Lipinski definition) is 4. The average molecular weight is 250 g/mol. The van der Waals surface area contributed by atoms with Crippen LogP contribution in [0.15, 0.2) is 29.9 Å².